The van der Waals surface area contributed by atoms with Crippen molar-refractivity contribution in [3.05, 3.63) is 12.2 Å². The van der Waals surface area contributed by atoms with Crippen molar-refractivity contribution < 1.29 is 19.8 Å². The maximum absolute atomic E-state index is 12.8. The zero-order valence-electron chi connectivity index (χ0n) is 11.4. The Morgan fingerprint density at radius 3 is 2.10 bits per heavy atom. The van der Waals surface area contributed by atoms with Gasteiger partial charge < -0.3 is 15.1 Å². The van der Waals surface area contributed by atoms with Gasteiger partial charge in [-0.25, -0.2) is 0 Å². The molecule has 0 aromatic carbocycles. The summed E-state index contributed by atoms with van der Waals surface area (Å²) in [4.78, 5) is 26.0. The fraction of sp³-hybridized carbons (Fsp3) is 0.733. The van der Waals surface area contributed by atoms with Crippen LogP contribution in [0.15, 0.2) is 12.2 Å². The number of amides is 1. The third-order valence-electron chi connectivity index (χ3n) is 5.03. The molecule has 2 fully saturated rings. The number of aliphatic hydroxyl groups excluding tert-OH is 1. The van der Waals surface area contributed by atoms with Gasteiger partial charge in [0.2, 0.25) is 5.91 Å². The van der Waals surface area contributed by atoms with Gasteiger partial charge in [-0.15, -0.1) is 0 Å². The average molecular weight is 279 g/mol. The molecule has 0 aromatic rings. The molecule has 3 aliphatic rings. The molecule has 110 valence electrons. The third-order valence-corrected chi connectivity index (χ3v) is 5.03. The summed E-state index contributed by atoms with van der Waals surface area (Å²) in [6.07, 6.45) is 7.59. The topological polar surface area (TPSA) is 77.8 Å². The van der Waals surface area contributed by atoms with Gasteiger partial charge in [-0.05, 0) is 38.5 Å². The van der Waals surface area contributed by atoms with Crippen molar-refractivity contribution in [3.8, 4) is 0 Å². The number of allylic oxidation sites excluding steroid dienone is 2. The number of carboxylic acids is 1. The summed E-state index contributed by atoms with van der Waals surface area (Å²) in [5.41, 5.74) is 0. The Morgan fingerprint density at radius 2 is 1.55 bits per heavy atom. The highest BCUT2D eigenvalue weighted by molar-refractivity contribution is 5.86. The van der Waals surface area contributed by atoms with Crippen LogP contribution in [-0.2, 0) is 9.59 Å². The molecule has 1 amide bonds. The minimum absolute atomic E-state index is 0.0128. The van der Waals surface area contributed by atoms with E-state index in [1.165, 1.54) is 0 Å². The highest BCUT2D eigenvalue weighted by Crippen LogP contribution is 2.39. The summed E-state index contributed by atoms with van der Waals surface area (Å²) >= 11 is 0. The molecule has 4 unspecified atom stereocenters. The van der Waals surface area contributed by atoms with Gasteiger partial charge in [-0.3, -0.25) is 9.59 Å². The lowest BCUT2D eigenvalue weighted by Gasteiger charge is -2.40. The van der Waals surface area contributed by atoms with Crippen LogP contribution >= 0.6 is 0 Å². The number of aliphatic carboxylic acids is 1. The molecule has 2 heterocycles. The number of carbonyl (C=O) groups excluding carboxylic acids is 1. The molecular formula is C15H21NO4. The predicted molar refractivity (Wildman–Crippen MR) is 71.9 cm³/mol. The Hall–Kier alpha value is -1.36. The van der Waals surface area contributed by atoms with Crippen molar-refractivity contribution in [3.63, 3.8) is 0 Å². The Morgan fingerprint density at radius 1 is 1.00 bits per heavy atom. The molecule has 4 atom stereocenters. The van der Waals surface area contributed by atoms with Gasteiger partial charge in [0.25, 0.3) is 0 Å². The molecule has 0 radical (unpaired) electrons. The van der Waals surface area contributed by atoms with Crippen molar-refractivity contribution in [1.82, 2.24) is 4.90 Å². The molecule has 2 saturated heterocycles. The molecule has 0 aromatic heterocycles. The van der Waals surface area contributed by atoms with Gasteiger partial charge in [0.1, 0.15) is 0 Å². The van der Waals surface area contributed by atoms with E-state index in [0.717, 1.165) is 12.8 Å². The van der Waals surface area contributed by atoms with E-state index in [0.29, 0.717) is 25.7 Å². The van der Waals surface area contributed by atoms with E-state index in [2.05, 4.69) is 0 Å². The first-order valence-electron chi connectivity index (χ1n) is 7.46. The van der Waals surface area contributed by atoms with Crippen molar-refractivity contribution in [2.75, 3.05) is 0 Å². The van der Waals surface area contributed by atoms with Crippen LogP contribution in [0.4, 0.5) is 0 Å². The van der Waals surface area contributed by atoms with E-state index in [4.69, 9.17) is 0 Å². The lowest BCUT2D eigenvalue weighted by atomic mass is 9.81. The van der Waals surface area contributed by atoms with E-state index in [1.54, 1.807) is 0 Å². The minimum Gasteiger partial charge on any atom is -0.481 e. The zero-order valence-corrected chi connectivity index (χ0v) is 11.4. The summed E-state index contributed by atoms with van der Waals surface area (Å²) in [5, 5.41) is 19.1. The van der Waals surface area contributed by atoms with Gasteiger partial charge in [-0.1, -0.05) is 12.2 Å². The third kappa shape index (κ3) is 2.24. The fourth-order valence-corrected chi connectivity index (χ4v) is 4.06. The number of nitrogens with zero attached hydrogens (tertiary/aromatic N) is 1. The standard InChI is InChI=1S/C15H21NO4/c17-11-7-9-5-6-10(8-11)16(9)14(18)12-3-1-2-4-13(12)15(19)20/h1-2,9-13,17H,3-8H2,(H,19,20). The van der Waals surface area contributed by atoms with Gasteiger partial charge in [-0.2, -0.15) is 0 Å². The number of hydrogen-bond acceptors (Lipinski definition) is 3. The highest BCUT2D eigenvalue weighted by atomic mass is 16.4. The summed E-state index contributed by atoms with van der Waals surface area (Å²) in [6, 6.07) is 0.216. The summed E-state index contributed by atoms with van der Waals surface area (Å²) in [6.45, 7) is 0. The first kappa shape index (κ1) is 13.6. The van der Waals surface area contributed by atoms with Crippen LogP contribution in [0.2, 0.25) is 0 Å². The van der Waals surface area contributed by atoms with E-state index in [9.17, 15) is 19.8 Å². The van der Waals surface area contributed by atoms with Gasteiger partial charge in [0.15, 0.2) is 0 Å². The molecule has 2 bridgehead atoms. The molecule has 0 saturated carbocycles. The van der Waals surface area contributed by atoms with E-state index >= 15 is 0 Å². The molecule has 2 aliphatic heterocycles. The van der Waals surface area contributed by atoms with E-state index in [1.807, 2.05) is 17.1 Å². The zero-order chi connectivity index (χ0) is 14.3. The van der Waals surface area contributed by atoms with Gasteiger partial charge >= 0.3 is 5.97 Å². The van der Waals surface area contributed by atoms with Crippen LogP contribution in [0, 0.1) is 11.8 Å². The number of piperidine rings is 1. The maximum Gasteiger partial charge on any atom is 0.307 e. The highest BCUT2D eigenvalue weighted by Gasteiger charge is 2.46. The quantitative estimate of drug-likeness (QED) is 0.744. The lowest BCUT2D eigenvalue weighted by molar-refractivity contribution is -0.153. The van der Waals surface area contributed by atoms with Crippen molar-refractivity contribution in [2.24, 2.45) is 11.8 Å². The second-order valence-electron chi connectivity index (χ2n) is 6.25. The van der Waals surface area contributed by atoms with Crippen LogP contribution in [-0.4, -0.2) is 45.2 Å². The smallest absolute Gasteiger partial charge is 0.307 e. The lowest BCUT2D eigenvalue weighted by Crippen LogP contribution is -2.52. The molecule has 1 aliphatic carbocycles. The number of carbonyl (C=O) groups is 2. The van der Waals surface area contributed by atoms with Crippen molar-refractivity contribution in [2.45, 2.75) is 56.7 Å². The van der Waals surface area contributed by atoms with Crippen LogP contribution < -0.4 is 0 Å². The largest absolute Gasteiger partial charge is 0.481 e. The minimum atomic E-state index is -0.878. The number of hydrogen-bond donors (Lipinski definition) is 2. The van der Waals surface area contributed by atoms with Gasteiger partial charge in [0, 0.05) is 12.1 Å². The van der Waals surface area contributed by atoms with Crippen LogP contribution in [0.25, 0.3) is 0 Å². The second kappa shape index (κ2) is 5.20. The summed E-state index contributed by atoms with van der Waals surface area (Å²) in [7, 11) is 0. The molecule has 5 heteroatoms. The van der Waals surface area contributed by atoms with E-state index in [-0.39, 0.29) is 24.1 Å². The molecule has 3 rings (SSSR count). The SMILES string of the molecule is O=C(O)C1CC=CCC1C(=O)N1C2CCC1CC(O)C2. The predicted octanol–water partition coefficient (Wildman–Crippen LogP) is 1.17. The van der Waals surface area contributed by atoms with Gasteiger partial charge in [0.05, 0.1) is 17.9 Å². The number of aliphatic hydroxyl groups is 1. The fourth-order valence-electron chi connectivity index (χ4n) is 4.06. The van der Waals surface area contributed by atoms with Crippen molar-refractivity contribution in [1.29, 1.82) is 0 Å². The normalized spacial score (nSPS) is 39.9. The first-order valence-corrected chi connectivity index (χ1v) is 7.46. The Kier molecular flexibility index (Phi) is 3.54. The molecule has 5 nitrogen and oxygen atoms in total. The Balaban J connectivity index is 1.78. The Bertz CT molecular complexity index is 433. The van der Waals surface area contributed by atoms with E-state index < -0.39 is 17.8 Å². The van der Waals surface area contributed by atoms with Crippen LogP contribution in [0.3, 0.4) is 0 Å². The van der Waals surface area contributed by atoms with Crippen molar-refractivity contribution >= 4 is 11.9 Å². The number of fused-ring (bicyclic) bond motifs is 2. The van der Waals surface area contributed by atoms with Crippen LogP contribution in [0.1, 0.15) is 38.5 Å². The molecular weight excluding hydrogens is 258 g/mol. The monoisotopic (exact) mass is 279 g/mol. The second-order valence-corrected chi connectivity index (χ2v) is 6.25. The first-order chi connectivity index (χ1) is 9.58. The maximum atomic E-state index is 12.8. The average Bonchev–Trinajstić information content (AvgIpc) is 2.70. The number of rotatable bonds is 2. The van der Waals surface area contributed by atoms with Crippen LogP contribution in [0.5, 0.6) is 0 Å². The number of carboxylic acid groups (broad SMARTS) is 1. The summed E-state index contributed by atoms with van der Waals surface area (Å²) in [5.74, 6) is -1.92. The summed E-state index contributed by atoms with van der Waals surface area (Å²) < 4.78 is 0. The molecule has 2 N–H and O–H groups in total. The Labute approximate surface area is 118 Å². The molecule has 20 heavy (non-hydrogen) atoms. The molecule has 0 spiro atoms.